The lowest BCUT2D eigenvalue weighted by molar-refractivity contribution is -0.109. The molecule has 0 unspecified atom stereocenters. The molecule has 0 radical (unpaired) electrons. The largest absolute Gasteiger partial charge is 0.288 e. The number of carbonyl (C=O) groups excluding carboxylic acids is 1. The molecule has 0 aliphatic heterocycles. The van der Waals surface area contributed by atoms with Crippen LogP contribution in [0.2, 0.25) is 0 Å². The molecule has 3 heteroatoms. The molecule has 1 nitrogen and oxygen atoms in total. The molecule has 0 amide bonds. The van der Waals surface area contributed by atoms with Crippen molar-refractivity contribution in [2.24, 2.45) is 0 Å². The molecule has 0 saturated carbocycles. The molecule has 0 aromatic heterocycles. The van der Waals surface area contributed by atoms with E-state index in [1.165, 1.54) is 11.8 Å². The molecule has 86 valence electrons. The fourth-order valence-electron chi connectivity index (χ4n) is 1.30. The second-order valence-corrected chi connectivity index (χ2v) is 4.90. The van der Waals surface area contributed by atoms with Crippen LogP contribution in [0.5, 0.6) is 0 Å². The van der Waals surface area contributed by atoms with E-state index in [2.05, 4.69) is 12.2 Å². The third kappa shape index (κ3) is 4.86. The summed E-state index contributed by atoms with van der Waals surface area (Å²) in [4.78, 5) is 10.7. The molecule has 0 atom stereocenters. The van der Waals surface area contributed by atoms with Crippen LogP contribution in [0.3, 0.4) is 0 Å². The van der Waals surface area contributed by atoms with Crippen LogP contribution in [0.25, 0.3) is 6.08 Å². The van der Waals surface area contributed by atoms with Gasteiger partial charge in [0, 0.05) is 18.6 Å². The van der Waals surface area contributed by atoms with E-state index in [0.717, 1.165) is 23.3 Å². The maximum absolute atomic E-state index is 10.7. The normalized spacial score (nSPS) is 10.9. The van der Waals surface area contributed by atoms with Crippen LogP contribution in [0.4, 0.5) is 0 Å². The van der Waals surface area contributed by atoms with Gasteiger partial charge in [-0.1, -0.05) is 48.2 Å². The maximum Gasteiger partial charge on any atom is 0.185 e. The van der Waals surface area contributed by atoms with Crippen molar-refractivity contribution in [2.75, 3.05) is 5.75 Å². The monoisotopic (exact) mass is 254 g/mol. The second kappa shape index (κ2) is 7.53. The van der Waals surface area contributed by atoms with Crippen LogP contribution in [0.1, 0.15) is 24.5 Å². The summed E-state index contributed by atoms with van der Waals surface area (Å²) in [6.45, 7) is 1.59. The highest BCUT2D eigenvalue weighted by Gasteiger charge is 1.95. The Kier molecular flexibility index (Phi) is 6.27. The summed E-state index contributed by atoms with van der Waals surface area (Å²) in [7, 11) is 0. The predicted molar refractivity (Wildman–Crippen MR) is 72.8 cm³/mol. The summed E-state index contributed by atoms with van der Waals surface area (Å²) in [6.07, 6.45) is 5.06. The van der Waals surface area contributed by atoms with E-state index in [1.54, 1.807) is 6.92 Å². The number of carbonyl (C=O) groups is 1. The Bertz CT molecular complexity index is 374. The maximum atomic E-state index is 10.7. The molecule has 1 rings (SSSR count). The lowest BCUT2D eigenvalue weighted by atomic mass is 10.1. The number of allylic oxidation sites excluding steroid dienone is 1. The first-order valence-corrected chi connectivity index (χ1v) is 6.70. The summed E-state index contributed by atoms with van der Waals surface area (Å²) in [5.74, 6) is 1.37. The van der Waals surface area contributed by atoms with Gasteiger partial charge < -0.3 is 0 Å². The van der Waals surface area contributed by atoms with E-state index < -0.39 is 0 Å². The zero-order valence-electron chi connectivity index (χ0n) is 9.28. The highest BCUT2D eigenvalue weighted by atomic mass is 35.5. The summed E-state index contributed by atoms with van der Waals surface area (Å²) >= 11 is 7.19. The minimum atomic E-state index is 0.176. The molecule has 0 saturated heterocycles. The Labute approximate surface area is 106 Å². The van der Waals surface area contributed by atoms with Crippen LogP contribution in [0.15, 0.2) is 30.3 Å². The van der Waals surface area contributed by atoms with E-state index in [-0.39, 0.29) is 5.12 Å². The first kappa shape index (κ1) is 13.3. The Morgan fingerprint density at radius 3 is 2.88 bits per heavy atom. The van der Waals surface area contributed by atoms with Crippen molar-refractivity contribution < 1.29 is 4.79 Å². The van der Waals surface area contributed by atoms with Crippen LogP contribution < -0.4 is 0 Å². The smallest absolute Gasteiger partial charge is 0.185 e. The number of alkyl halides is 1. The Balaban J connectivity index is 2.46. The van der Waals surface area contributed by atoms with E-state index >= 15 is 0 Å². The molecular formula is C13H15ClOS. The lowest BCUT2D eigenvalue weighted by Gasteiger charge is -2.00. The number of benzene rings is 1. The molecule has 0 heterocycles. The third-order valence-corrected chi connectivity index (χ3v) is 3.22. The molecule has 0 aliphatic rings. The molecule has 0 fully saturated rings. The SMILES string of the molecule is CC(=O)SCCC=Cc1ccccc1CCl. The zero-order valence-corrected chi connectivity index (χ0v) is 10.9. The Morgan fingerprint density at radius 1 is 1.44 bits per heavy atom. The van der Waals surface area contributed by atoms with Crippen LogP contribution in [-0.4, -0.2) is 10.9 Å². The second-order valence-electron chi connectivity index (χ2n) is 3.36. The quantitative estimate of drug-likeness (QED) is 0.581. The van der Waals surface area contributed by atoms with Crippen molar-refractivity contribution in [1.29, 1.82) is 0 Å². The lowest BCUT2D eigenvalue weighted by Crippen LogP contribution is -1.85. The van der Waals surface area contributed by atoms with Crippen molar-refractivity contribution >= 4 is 34.6 Å². The highest BCUT2D eigenvalue weighted by Crippen LogP contribution is 2.14. The van der Waals surface area contributed by atoms with Gasteiger partial charge in [-0.05, 0) is 17.5 Å². The third-order valence-electron chi connectivity index (χ3n) is 2.09. The van der Waals surface area contributed by atoms with Gasteiger partial charge in [-0.25, -0.2) is 0 Å². The standard InChI is InChI=1S/C13H15ClOS/c1-11(15)16-9-5-4-7-12-6-2-3-8-13(12)10-14/h2-4,6-8H,5,9-10H2,1H3. The minimum Gasteiger partial charge on any atom is -0.288 e. The molecule has 0 spiro atoms. The first-order valence-electron chi connectivity index (χ1n) is 5.18. The molecular weight excluding hydrogens is 240 g/mol. The number of thioether (sulfide) groups is 1. The van der Waals surface area contributed by atoms with Gasteiger partial charge in [0.05, 0.1) is 0 Å². The van der Waals surface area contributed by atoms with Gasteiger partial charge in [0.2, 0.25) is 0 Å². The van der Waals surface area contributed by atoms with Crippen LogP contribution in [-0.2, 0) is 10.7 Å². The molecule has 1 aromatic carbocycles. The van der Waals surface area contributed by atoms with Crippen molar-refractivity contribution in [2.45, 2.75) is 19.2 Å². The van der Waals surface area contributed by atoms with E-state index in [9.17, 15) is 4.79 Å². The first-order chi connectivity index (χ1) is 7.74. The van der Waals surface area contributed by atoms with Crippen molar-refractivity contribution in [3.8, 4) is 0 Å². The number of hydrogen-bond donors (Lipinski definition) is 0. The van der Waals surface area contributed by atoms with Crippen molar-refractivity contribution in [3.05, 3.63) is 41.5 Å². The average Bonchev–Trinajstić information content (AvgIpc) is 2.29. The molecule has 0 N–H and O–H groups in total. The van der Waals surface area contributed by atoms with Gasteiger partial charge in [-0.15, -0.1) is 11.6 Å². The predicted octanol–water partition coefficient (Wildman–Crippen LogP) is 4.11. The van der Waals surface area contributed by atoms with Gasteiger partial charge in [-0.3, -0.25) is 4.79 Å². The van der Waals surface area contributed by atoms with Gasteiger partial charge in [0.1, 0.15) is 0 Å². The number of rotatable bonds is 5. The van der Waals surface area contributed by atoms with E-state index in [1.807, 2.05) is 24.3 Å². The van der Waals surface area contributed by atoms with Gasteiger partial charge in [0.25, 0.3) is 0 Å². The van der Waals surface area contributed by atoms with Crippen molar-refractivity contribution in [1.82, 2.24) is 0 Å². The van der Waals surface area contributed by atoms with Crippen LogP contribution in [0, 0.1) is 0 Å². The summed E-state index contributed by atoms with van der Waals surface area (Å²) in [5, 5.41) is 0.176. The van der Waals surface area contributed by atoms with Gasteiger partial charge in [-0.2, -0.15) is 0 Å². The van der Waals surface area contributed by atoms with E-state index in [4.69, 9.17) is 11.6 Å². The summed E-state index contributed by atoms with van der Waals surface area (Å²) in [6, 6.07) is 8.06. The zero-order chi connectivity index (χ0) is 11.8. The fraction of sp³-hybridized carbons (Fsp3) is 0.308. The van der Waals surface area contributed by atoms with Gasteiger partial charge in [0.15, 0.2) is 5.12 Å². The van der Waals surface area contributed by atoms with Crippen molar-refractivity contribution in [3.63, 3.8) is 0 Å². The highest BCUT2D eigenvalue weighted by molar-refractivity contribution is 8.13. The topological polar surface area (TPSA) is 17.1 Å². The fourth-order valence-corrected chi connectivity index (χ4v) is 2.08. The molecule has 0 aliphatic carbocycles. The average molecular weight is 255 g/mol. The molecule has 16 heavy (non-hydrogen) atoms. The molecule has 1 aromatic rings. The molecule has 0 bridgehead atoms. The number of halogens is 1. The Hall–Kier alpha value is -0.730. The van der Waals surface area contributed by atoms with E-state index in [0.29, 0.717) is 5.88 Å². The Morgan fingerprint density at radius 2 is 2.19 bits per heavy atom. The van der Waals surface area contributed by atoms with Gasteiger partial charge >= 0.3 is 0 Å². The van der Waals surface area contributed by atoms with Crippen LogP contribution >= 0.6 is 23.4 Å². The minimum absolute atomic E-state index is 0.176. The summed E-state index contributed by atoms with van der Waals surface area (Å²) < 4.78 is 0. The number of hydrogen-bond acceptors (Lipinski definition) is 2. The summed E-state index contributed by atoms with van der Waals surface area (Å²) in [5.41, 5.74) is 2.30.